The van der Waals surface area contributed by atoms with E-state index >= 15 is 0 Å². The Morgan fingerprint density at radius 2 is 1.87 bits per heavy atom. The van der Waals surface area contributed by atoms with Gasteiger partial charge in [0.2, 0.25) is 0 Å². The zero-order valence-corrected chi connectivity index (χ0v) is 19.1. The fourth-order valence-electron chi connectivity index (χ4n) is 4.77. The molecule has 1 aromatic heterocycles. The molecule has 0 spiro atoms. The van der Waals surface area contributed by atoms with E-state index in [-0.39, 0.29) is 0 Å². The quantitative estimate of drug-likeness (QED) is 0.552. The molecule has 1 aliphatic carbocycles. The Labute approximate surface area is 186 Å². The van der Waals surface area contributed by atoms with Gasteiger partial charge in [-0.15, -0.1) is 10.2 Å². The van der Waals surface area contributed by atoms with E-state index in [9.17, 15) is 0 Å². The molecule has 168 valence electrons. The molecule has 1 aromatic carbocycles. The van der Waals surface area contributed by atoms with Crippen molar-refractivity contribution in [3.05, 3.63) is 47.5 Å². The second-order valence-electron chi connectivity index (χ2n) is 9.00. The maximum absolute atomic E-state index is 4.90. The molecule has 2 aromatic rings. The van der Waals surface area contributed by atoms with Gasteiger partial charge in [-0.3, -0.25) is 4.90 Å². The molecule has 7 heteroatoms. The third-order valence-electron chi connectivity index (χ3n) is 6.74. The Kier molecular flexibility index (Phi) is 7.57. The van der Waals surface area contributed by atoms with Crippen molar-refractivity contribution in [3.8, 4) is 0 Å². The van der Waals surface area contributed by atoms with E-state index in [1.807, 2.05) is 24.6 Å². The lowest BCUT2D eigenvalue weighted by molar-refractivity contribution is 0.115. The van der Waals surface area contributed by atoms with Crippen molar-refractivity contribution in [2.75, 3.05) is 13.1 Å². The highest BCUT2D eigenvalue weighted by Gasteiger charge is 2.27. The van der Waals surface area contributed by atoms with E-state index in [2.05, 4.69) is 50.0 Å². The Morgan fingerprint density at radius 1 is 1.06 bits per heavy atom. The van der Waals surface area contributed by atoms with E-state index in [0.717, 1.165) is 30.2 Å². The summed E-state index contributed by atoms with van der Waals surface area (Å²) in [6.45, 7) is 5.59. The first-order chi connectivity index (χ1) is 15.2. The molecule has 0 bridgehead atoms. The van der Waals surface area contributed by atoms with Gasteiger partial charge in [-0.1, -0.05) is 49.6 Å². The monoisotopic (exact) mass is 423 g/mol. The summed E-state index contributed by atoms with van der Waals surface area (Å²) in [6.07, 6.45) is 9.37. The Morgan fingerprint density at radius 3 is 2.61 bits per heavy atom. The summed E-state index contributed by atoms with van der Waals surface area (Å²) in [4.78, 5) is 7.62. The molecule has 7 nitrogen and oxygen atoms in total. The van der Waals surface area contributed by atoms with E-state index in [0.29, 0.717) is 19.1 Å². The zero-order chi connectivity index (χ0) is 21.5. The van der Waals surface area contributed by atoms with Gasteiger partial charge < -0.3 is 15.2 Å². The lowest BCUT2D eigenvalue weighted by Gasteiger charge is -2.40. The maximum Gasteiger partial charge on any atom is 0.192 e. The highest BCUT2D eigenvalue weighted by atomic mass is 15.3. The van der Waals surface area contributed by atoms with Gasteiger partial charge in [0.1, 0.15) is 5.82 Å². The minimum Gasteiger partial charge on any atom is -0.352 e. The molecule has 2 aliphatic rings. The largest absolute Gasteiger partial charge is 0.352 e. The summed E-state index contributed by atoms with van der Waals surface area (Å²) >= 11 is 0. The van der Waals surface area contributed by atoms with Crippen LogP contribution in [0.15, 0.2) is 35.3 Å². The number of rotatable bonds is 6. The zero-order valence-electron chi connectivity index (χ0n) is 19.1. The molecule has 1 saturated carbocycles. The minimum atomic E-state index is 0.430. The number of aryl methyl sites for hydroxylation is 1. The van der Waals surface area contributed by atoms with Gasteiger partial charge in [0.15, 0.2) is 11.8 Å². The van der Waals surface area contributed by atoms with Gasteiger partial charge in [0.05, 0.1) is 13.1 Å². The van der Waals surface area contributed by atoms with Gasteiger partial charge in [0.25, 0.3) is 0 Å². The number of aromatic nitrogens is 3. The predicted molar refractivity (Wildman–Crippen MR) is 125 cm³/mol. The van der Waals surface area contributed by atoms with Crippen molar-refractivity contribution in [1.82, 2.24) is 30.3 Å². The number of nitrogens with one attached hydrogen (secondary N) is 2. The topological polar surface area (TPSA) is 70.4 Å². The summed E-state index contributed by atoms with van der Waals surface area (Å²) in [5.41, 5.74) is 1.21. The van der Waals surface area contributed by atoms with Crippen LogP contribution >= 0.6 is 0 Å². The fourth-order valence-corrected chi connectivity index (χ4v) is 4.77. The van der Waals surface area contributed by atoms with Crippen LogP contribution in [0.5, 0.6) is 0 Å². The van der Waals surface area contributed by atoms with Crippen LogP contribution in [0.25, 0.3) is 0 Å². The first-order valence-electron chi connectivity index (χ1n) is 11.9. The number of likely N-dealkylation sites (tertiary alicyclic amines) is 1. The molecule has 1 saturated heterocycles. The predicted octanol–water partition coefficient (Wildman–Crippen LogP) is 3.16. The molecular formula is C24H37N7. The number of guanidine groups is 1. The van der Waals surface area contributed by atoms with Gasteiger partial charge in [-0.25, -0.2) is 4.99 Å². The Bertz CT molecular complexity index is 839. The summed E-state index contributed by atoms with van der Waals surface area (Å²) in [6, 6.07) is 11.6. The van der Waals surface area contributed by atoms with Crippen LogP contribution in [0, 0.1) is 6.92 Å². The van der Waals surface area contributed by atoms with Gasteiger partial charge in [-0.05, 0) is 44.7 Å². The standard InChI is InChI=1S/C24H37N7/c1-19-28-29-23(30(19)2)17-26-24(25-16-20-10-5-3-6-11-20)27-21-12-9-15-31(18-21)22-13-7-4-8-14-22/h3,5-6,10-11,21-22H,4,7-9,12-18H2,1-2H3,(H2,25,26,27). The molecule has 1 atom stereocenters. The normalized spacial score (nSPS) is 21.2. The molecule has 4 rings (SSSR count). The van der Waals surface area contributed by atoms with Crippen molar-refractivity contribution in [2.24, 2.45) is 12.0 Å². The lowest BCUT2D eigenvalue weighted by Crippen LogP contribution is -2.53. The van der Waals surface area contributed by atoms with Crippen LogP contribution in [0.2, 0.25) is 0 Å². The highest BCUT2D eigenvalue weighted by Crippen LogP contribution is 2.25. The summed E-state index contributed by atoms with van der Waals surface area (Å²) in [5, 5.41) is 15.7. The van der Waals surface area contributed by atoms with Gasteiger partial charge in [0, 0.05) is 25.7 Å². The minimum absolute atomic E-state index is 0.430. The summed E-state index contributed by atoms with van der Waals surface area (Å²) < 4.78 is 2.02. The SMILES string of the molecule is Cc1nnc(CNC(=NCc2ccccc2)NC2CCCN(C3CCCCC3)C2)n1C. The maximum atomic E-state index is 4.90. The van der Waals surface area contributed by atoms with Crippen molar-refractivity contribution in [1.29, 1.82) is 0 Å². The summed E-state index contributed by atoms with van der Waals surface area (Å²) in [7, 11) is 2.00. The average molecular weight is 424 g/mol. The number of hydrogen-bond acceptors (Lipinski definition) is 4. The van der Waals surface area contributed by atoms with Crippen molar-refractivity contribution >= 4 is 5.96 Å². The number of benzene rings is 1. The Balaban J connectivity index is 1.40. The van der Waals surface area contributed by atoms with Crippen LogP contribution in [0.4, 0.5) is 0 Å². The van der Waals surface area contributed by atoms with Crippen molar-refractivity contribution in [3.63, 3.8) is 0 Å². The van der Waals surface area contributed by atoms with Crippen molar-refractivity contribution < 1.29 is 0 Å². The Hall–Kier alpha value is -2.41. The second-order valence-corrected chi connectivity index (χ2v) is 9.00. The van der Waals surface area contributed by atoms with Gasteiger partial charge in [-0.2, -0.15) is 0 Å². The lowest BCUT2D eigenvalue weighted by atomic mass is 9.92. The third kappa shape index (κ3) is 6.06. The van der Waals surface area contributed by atoms with Crippen LogP contribution < -0.4 is 10.6 Å². The molecule has 0 amide bonds. The van der Waals surface area contributed by atoms with Gasteiger partial charge >= 0.3 is 0 Å². The number of nitrogens with zero attached hydrogens (tertiary/aromatic N) is 5. The number of aliphatic imine (C=N–C) groups is 1. The summed E-state index contributed by atoms with van der Waals surface area (Å²) in [5.74, 6) is 2.70. The molecule has 1 aliphatic heterocycles. The van der Waals surface area contributed by atoms with E-state index < -0.39 is 0 Å². The second kappa shape index (κ2) is 10.8. The molecule has 1 unspecified atom stereocenters. The fraction of sp³-hybridized carbons (Fsp3) is 0.625. The smallest absolute Gasteiger partial charge is 0.192 e. The molecule has 2 heterocycles. The third-order valence-corrected chi connectivity index (χ3v) is 6.74. The molecule has 31 heavy (non-hydrogen) atoms. The van der Waals surface area contributed by atoms with Crippen molar-refractivity contribution in [2.45, 2.75) is 77.0 Å². The average Bonchev–Trinajstić information content (AvgIpc) is 3.14. The molecular weight excluding hydrogens is 386 g/mol. The molecule has 2 N–H and O–H groups in total. The van der Waals surface area contributed by atoms with Crippen LogP contribution in [-0.2, 0) is 20.1 Å². The first-order valence-corrected chi connectivity index (χ1v) is 11.9. The molecule has 2 fully saturated rings. The van der Waals surface area contributed by atoms with E-state index in [1.165, 1.54) is 57.1 Å². The van der Waals surface area contributed by atoms with Crippen LogP contribution in [0.1, 0.15) is 62.2 Å². The number of hydrogen-bond donors (Lipinski definition) is 2. The van der Waals surface area contributed by atoms with Crippen LogP contribution in [0.3, 0.4) is 0 Å². The van der Waals surface area contributed by atoms with E-state index in [1.54, 1.807) is 0 Å². The molecule has 0 radical (unpaired) electrons. The van der Waals surface area contributed by atoms with E-state index in [4.69, 9.17) is 4.99 Å². The van der Waals surface area contributed by atoms with Crippen LogP contribution in [-0.4, -0.2) is 50.8 Å². The first kappa shape index (κ1) is 21.8. The number of piperidine rings is 1. The highest BCUT2D eigenvalue weighted by molar-refractivity contribution is 5.80.